The zero-order valence-corrected chi connectivity index (χ0v) is 10.9. The van der Waals surface area contributed by atoms with Crippen molar-refractivity contribution in [2.45, 2.75) is 46.6 Å². The molecule has 0 aromatic heterocycles. The van der Waals surface area contributed by atoms with E-state index in [2.05, 4.69) is 37.9 Å². The molecule has 0 saturated carbocycles. The molecule has 0 aromatic carbocycles. The van der Waals surface area contributed by atoms with Gasteiger partial charge in [-0.25, -0.2) is 0 Å². The molecule has 1 saturated heterocycles. The summed E-state index contributed by atoms with van der Waals surface area (Å²) in [5, 5.41) is 3.55. The third-order valence-corrected chi connectivity index (χ3v) is 3.71. The predicted molar refractivity (Wildman–Crippen MR) is 67.1 cm³/mol. The second-order valence-electron chi connectivity index (χ2n) is 5.52. The maximum absolute atomic E-state index is 3.55. The molecular formula is C13H28N2. The highest BCUT2D eigenvalue weighted by molar-refractivity contribution is 4.72. The van der Waals surface area contributed by atoms with Crippen LogP contribution in [0, 0.1) is 11.8 Å². The number of hydrogen-bond donors (Lipinski definition) is 1. The molecule has 1 aliphatic heterocycles. The van der Waals surface area contributed by atoms with Crippen LogP contribution in [0.25, 0.3) is 0 Å². The lowest BCUT2D eigenvalue weighted by Gasteiger charge is -2.30. The van der Waals surface area contributed by atoms with Crippen LogP contribution in [0.15, 0.2) is 0 Å². The summed E-state index contributed by atoms with van der Waals surface area (Å²) >= 11 is 0. The first-order valence-electron chi connectivity index (χ1n) is 6.55. The molecule has 0 spiro atoms. The molecule has 1 aliphatic rings. The molecule has 2 atom stereocenters. The molecule has 1 rings (SSSR count). The summed E-state index contributed by atoms with van der Waals surface area (Å²) in [5.74, 6) is 1.64. The molecule has 2 nitrogen and oxygen atoms in total. The molecule has 2 unspecified atom stereocenters. The highest BCUT2D eigenvalue weighted by Crippen LogP contribution is 2.13. The van der Waals surface area contributed by atoms with Crippen molar-refractivity contribution in [3.05, 3.63) is 0 Å². The van der Waals surface area contributed by atoms with E-state index in [4.69, 9.17) is 0 Å². The van der Waals surface area contributed by atoms with Crippen molar-refractivity contribution < 1.29 is 0 Å². The Kier molecular flexibility index (Phi) is 5.62. The van der Waals surface area contributed by atoms with E-state index in [9.17, 15) is 0 Å². The lowest BCUT2D eigenvalue weighted by molar-refractivity contribution is 0.190. The van der Waals surface area contributed by atoms with E-state index in [1.54, 1.807) is 0 Å². The van der Waals surface area contributed by atoms with Crippen molar-refractivity contribution in [2.75, 3.05) is 26.2 Å². The maximum atomic E-state index is 3.55. The van der Waals surface area contributed by atoms with Crippen molar-refractivity contribution in [1.82, 2.24) is 10.2 Å². The molecule has 1 heterocycles. The summed E-state index contributed by atoms with van der Waals surface area (Å²) in [4.78, 5) is 2.65. The fourth-order valence-electron chi connectivity index (χ4n) is 2.04. The van der Waals surface area contributed by atoms with Gasteiger partial charge >= 0.3 is 0 Å². The van der Waals surface area contributed by atoms with Gasteiger partial charge in [0.2, 0.25) is 0 Å². The Labute approximate surface area is 95.4 Å². The van der Waals surface area contributed by atoms with Crippen LogP contribution in [-0.2, 0) is 0 Å². The molecule has 15 heavy (non-hydrogen) atoms. The van der Waals surface area contributed by atoms with Gasteiger partial charge in [0, 0.05) is 12.6 Å². The van der Waals surface area contributed by atoms with Crippen molar-refractivity contribution in [3.8, 4) is 0 Å². The Morgan fingerprint density at radius 1 is 1.27 bits per heavy atom. The average Bonchev–Trinajstić information content (AvgIpc) is 2.16. The SMILES string of the molecule is CC1CCN(CC(C)C(C)C)CCCN1. The molecule has 2 heteroatoms. The van der Waals surface area contributed by atoms with Crippen LogP contribution >= 0.6 is 0 Å². The summed E-state index contributed by atoms with van der Waals surface area (Å²) in [7, 11) is 0. The fourth-order valence-corrected chi connectivity index (χ4v) is 2.04. The van der Waals surface area contributed by atoms with Crippen LogP contribution in [0.5, 0.6) is 0 Å². The summed E-state index contributed by atoms with van der Waals surface area (Å²) in [5.41, 5.74) is 0. The normalized spacial score (nSPS) is 27.4. The van der Waals surface area contributed by atoms with Crippen LogP contribution in [0.4, 0.5) is 0 Å². The van der Waals surface area contributed by atoms with Crippen LogP contribution in [0.2, 0.25) is 0 Å². The van der Waals surface area contributed by atoms with E-state index in [0.717, 1.165) is 11.8 Å². The Hall–Kier alpha value is -0.0800. The van der Waals surface area contributed by atoms with Gasteiger partial charge in [-0.3, -0.25) is 0 Å². The van der Waals surface area contributed by atoms with E-state index >= 15 is 0 Å². The standard InChI is InChI=1S/C13H28N2/c1-11(2)12(3)10-15-8-5-7-14-13(4)6-9-15/h11-14H,5-10H2,1-4H3. The number of rotatable bonds is 3. The van der Waals surface area contributed by atoms with E-state index in [1.807, 2.05) is 0 Å². The van der Waals surface area contributed by atoms with E-state index in [-0.39, 0.29) is 0 Å². The first-order valence-corrected chi connectivity index (χ1v) is 6.55. The summed E-state index contributed by atoms with van der Waals surface area (Å²) < 4.78 is 0. The Morgan fingerprint density at radius 3 is 2.67 bits per heavy atom. The smallest absolute Gasteiger partial charge is 0.00509 e. The third kappa shape index (κ3) is 4.98. The Balaban J connectivity index is 2.32. The second kappa shape index (κ2) is 6.49. The highest BCUT2D eigenvalue weighted by atomic mass is 15.1. The quantitative estimate of drug-likeness (QED) is 0.772. The first-order chi connectivity index (χ1) is 7.09. The van der Waals surface area contributed by atoms with Gasteiger partial charge in [-0.15, -0.1) is 0 Å². The molecule has 0 bridgehead atoms. The van der Waals surface area contributed by atoms with E-state index in [1.165, 1.54) is 39.0 Å². The number of nitrogens with zero attached hydrogens (tertiary/aromatic N) is 1. The Bertz CT molecular complexity index is 168. The third-order valence-electron chi connectivity index (χ3n) is 3.71. The monoisotopic (exact) mass is 212 g/mol. The summed E-state index contributed by atoms with van der Waals surface area (Å²) in [6.45, 7) is 14.4. The molecule has 90 valence electrons. The van der Waals surface area contributed by atoms with Crippen molar-refractivity contribution >= 4 is 0 Å². The lowest BCUT2D eigenvalue weighted by Crippen LogP contribution is -2.40. The van der Waals surface area contributed by atoms with Crippen LogP contribution in [0.3, 0.4) is 0 Å². The predicted octanol–water partition coefficient (Wildman–Crippen LogP) is 2.35. The van der Waals surface area contributed by atoms with Gasteiger partial charge < -0.3 is 10.2 Å². The van der Waals surface area contributed by atoms with Gasteiger partial charge in [-0.2, -0.15) is 0 Å². The lowest BCUT2D eigenvalue weighted by atomic mass is 9.97. The van der Waals surface area contributed by atoms with Crippen molar-refractivity contribution in [1.29, 1.82) is 0 Å². The first kappa shape index (κ1) is 13.0. The van der Waals surface area contributed by atoms with Crippen molar-refractivity contribution in [2.24, 2.45) is 11.8 Å². The van der Waals surface area contributed by atoms with E-state index in [0.29, 0.717) is 6.04 Å². The topological polar surface area (TPSA) is 15.3 Å². The summed E-state index contributed by atoms with van der Waals surface area (Å²) in [6.07, 6.45) is 2.60. The molecule has 0 aromatic rings. The molecule has 1 fully saturated rings. The fraction of sp³-hybridized carbons (Fsp3) is 1.00. The zero-order valence-electron chi connectivity index (χ0n) is 10.9. The highest BCUT2D eigenvalue weighted by Gasteiger charge is 2.15. The van der Waals surface area contributed by atoms with Gasteiger partial charge in [-0.1, -0.05) is 20.8 Å². The molecule has 0 radical (unpaired) electrons. The van der Waals surface area contributed by atoms with Crippen LogP contribution in [0.1, 0.15) is 40.5 Å². The number of nitrogens with one attached hydrogen (secondary N) is 1. The second-order valence-corrected chi connectivity index (χ2v) is 5.52. The molecular weight excluding hydrogens is 184 g/mol. The van der Waals surface area contributed by atoms with Gasteiger partial charge in [0.25, 0.3) is 0 Å². The average molecular weight is 212 g/mol. The van der Waals surface area contributed by atoms with Crippen molar-refractivity contribution in [3.63, 3.8) is 0 Å². The number of hydrogen-bond acceptors (Lipinski definition) is 2. The van der Waals surface area contributed by atoms with Gasteiger partial charge in [0.1, 0.15) is 0 Å². The minimum absolute atomic E-state index is 0.696. The van der Waals surface area contributed by atoms with Crippen LogP contribution < -0.4 is 5.32 Å². The largest absolute Gasteiger partial charge is 0.314 e. The van der Waals surface area contributed by atoms with Gasteiger partial charge in [0.15, 0.2) is 0 Å². The van der Waals surface area contributed by atoms with Gasteiger partial charge in [-0.05, 0) is 51.2 Å². The summed E-state index contributed by atoms with van der Waals surface area (Å²) in [6, 6.07) is 0.696. The van der Waals surface area contributed by atoms with Crippen LogP contribution in [-0.4, -0.2) is 37.1 Å². The molecule has 0 aliphatic carbocycles. The zero-order chi connectivity index (χ0) is 11.3. The van der Waals surface area contributed by atoms with Gasteiger partial charge in [0.05, 0.1) is 0 Å². The Morgan fingerprint density at radius 2 is 2.00 bits per heavy atom. The van der Waals surface area contributed by atoms with E-state index < -0.39 is 0 Å². The minimum Gasteiger partial charge on any atom is -0.314 e. The maximum Gasteiger partial charge on any atom is 0.00509 e. The molecule has 0 amide bonds. The molecule has 1 N–H and O–H groups in total. The minimum atomic E-state index is 0.696.